The summed E-state index contributed by atoms with van der Waals surface area (Å²) in [4.78, 5) is 39.5. The molecule has 0 spiro atoms. The molecule has 2 amide bonds. The molecule has 9 heteroatoms. The quantitative estimate of drug-likeness (QED) is 0.585. The van der Waals surface area contributed by atoms with Gasteiger partial charge < -0.3 is 20.1 Å². The number of amides is 2. The normalized spacial score (nSPS) is 18.3. The number of benzene rings is 2. The molecule has 0 aliphatic carbocycles. The van der Waals surface area contributed by atoms with E-state index in [0.29, 0.717) is 43.8 Å². The number of carboxylic acid groups (broad SMARTS) is 1. The van der Waals surface area contributed by atoms with Crippen LogP contribution in [0.1, 0.15) is 29.2 Å². The minimum Gasteiger partial charge on any atom is -0.482 e. The first kappa shape index (κ1) is 23.7. The van der Waals surface area contributed by atoms with Gasteiger partial charge in [0.05, 0.1) is 6.42 Å². The number of aliphatic carboxylic acids is 1. The van der Waals surface area contributed by atoms with E-state index in [1.807, 2.05) is 29.2 Å². The summed E-state index contributed by atoms with van der Waals surface area (Å²) in [6, 6.07) is 12.0. The maximum atomic E-state index is 14.0. The minimum atomic E-state index is -1.05. The van der Waals surface area contributed by atoms with Crippen LogP contribution in [0.3, 0.4) is 0 Å². The number of halogens is 1. The van der Waals surface area contributed by atoms with Crippen LogP contribution in [-0.4, -0.2) is 72.2 Å². The molecule has 2 aliphatic heterocycles. The number of nitrogens with zero attached hydrogens (tertiary/aromatic N) is 2. The number of nitrogens with one attached hydrogen (secondary N) is 1. The number of anilines is 1. The van der Waals surface area contributed by atoms with Gasteiger partial charge in [-0.3, -0.25) is 14.5 Å². The predicted octanol–water partition coefficient (Wildman–Crippen LogP) is 2.43. The molecule has 2 aromatic rings. The van der Waals surface area contributed by atoms with E-state index >= 15 is 0 Å². The van der Waals surface area contributed by atoms with E-state index in [0.717, 1.165) is 16.7 Å². The summed E-state index contributed by atoms with van der Waals surface area (Å²) in [5.41, 5.74) is 3.24. The number of carbonyl (C=O) groups is 3. The lowest BCUT2D eigenvalue weighted by Crippen LogP contribution is -2.41. The van der Waals surface area contributed by atoms with Gasteiger partial charge in [0.2, 0.25) is 11.8 Å². The summed E-state index contributed by atoms with van der Waals surface area (Å²) in [5.74, 6) is -0.813. The second kappa shape index (κ2) is 10.2. The molecule has 2 aliphatic rings. The van der Waals surface area contributed by atoms with E-state index in [1.165, 1.54) is 0 Å². The monoisotopic (exact) mass is 469 g/mol. The van der Waals surface area contributed by atoms with Crippen LogP contribution >= 0.6 is 0 Å². The van der Waals surface area contributed by atoms with Crippen molar-refractivity contribution in [1.29, 1.82) is 0 Å². The highest BCUT2D eigenvalue weighted by Gasteiger charge is 2.35. The van der Waals surface area contributed by atoms with Gasteiger partial charge in [0.15, 0.2) is 6.61 Å². The number of fused-ring (bicyclic) bond motifs is 1. The van der Waals surface area contributed by atoms with Crippen LogP contribution in [-0.2, 0) is 27.2 Å². The van der Waals surface area contributed by atoms with Gasteiger partial charge in [-0.25, -0.2) is 9.18 Å². The SMILES string of the molecule is CN(CCc1cccc(OCC(=O)O)c1)C(=O)C(c1ccc2c(c1)NC(=O)C2)N1CCC(F)C1. The Morgan fingerprint density at radius 3 is 2.85 bits per heavy atom. The Labute approximate surface area is 197 Å². The number of ether oxygens (including phenoxy) is 1. The zero-order chi connectivity index (χ0) is 24.2. The largest absolute Gasteiger partial charge is 0.482 e. The van der Waals surface area contributed by atoms with Crippen LogP contribution in [0.15, 0.2) is 42.5 Å². The van der Waals surface area contributed by atoms with Gasteiger partial charge in [-0.15, -0.1) is 0 Å². The third-order valence-corrected chi connectivity index (χ3v) is 6.21. The van der Waals surface area contributed by atoms with Crippen molar-refractivity contribution in [2.24, 2.45) is 0 Å². The summed E-state index contributed by atoms with van der Waals surface area (Å²) >= 11 is 0. The van der Waals surface area contributed by atoms with Gasteiger partial charge >= 0.3 is 5.97 Å². The van der Waals surface area contributed by atoms with Crippen LogP contribution in [0.4, 0.5) is 10.1 Å². The van der Waals surface area contributed by atoms with Crippen LogP contribution in [0.5, 0.6) is 5.75 Å². The van der Waals surface area contributed by atoms with Crippen molar-refractivity contribution >= 4 is 23.5 Å². The predicted molar refractivity (Wildman–Crippen MR) is 124 cm³/mol. The van der Waals surface area contributed by atoms with Crippen molar-refractivity contribution in [1.82, 2.24) is 9.80 Å². The number of rotatable bonds is 9. The van der Waals surface area contributed by atoms with Crippen molar-refractivity contribution < 1.29 is 28.6 Å². The molecule has 2 unspecified atom stereocenters. The lowest BCUT2D eigenvalue weighted by atomic mass is 10.0. The topological polar surface area (TPSA) is 99.2 Å². The fraction of sp³-hybridized carbons (Fsp3) is 0.400. The molecular formula is C25H28FN3O5. The number of alkyl halides is 1. The van der Waals surface area contributed by atoms with Gasteiger partial charge in [0.1, 0.15) is 18.0 Å². The first-order valence-corrected chi connectivity index (χ1v) is 11.3. The van der Waals surface area contributed by atoms with Crippen molar-refractivity contribution in [3.05, 3.63) is 59.2 Å². The molecule has 8 nitrogen and oxygen atoms in total. The van der Waals surface area contributed by atoms with Crippen molar-refractivity contribution in [3.63, 3.8) is 0 Å². The second-order valence-electron chi connectivity index (χ2n) is 8.76. The summed E-state index contributed by atoms with van der Waals surface area (Å²) < 4.78 is 19.3. The Morgan fingerprint density at radius 2 is 2.12 bits per heavy atom. The standard InChI is InChI=1S/C25H28FN3O5/c1-28(9-7-16-3-2-4-20(11-16)34-15-23(31)32)25(33)24(29-10-8-19(26)14-29)18-6-5-17-13-22(30)27-21(17)12-18/h2-6,11-12,19,24H,7-10,13-15H2,1H3,(H,27,30)(H,31,32). The Balaban J connectivity index is 1.47. The van der Waals surface area contributed by atoms with Gasteiger partial charge in [-0.2, -0.15) is 0 Å². The fourth-order valence-electron chi connectivity index (χ4n) is 4.44. The van der Waals surface area contributed by atoms with Crippen molar-refractivity contribution in [2.45, 2.75) is 31.5 Å². The number of carboxylic acids is 1. The number of hydrogen-bond acceptors (Lipinski definition) is 5. The molecule has 180 valence electrons. The Kier molecular flexibility index (Phi) is 7.12. The molecule has 2 aromatic carbocycles. The molecule has 2 atom stereocenters. The number of carbonyl (C=O) groups excluding carboxylic acids is 2. The minimum absolute atomic E-state index is 0.0771. The number of hydrogen-bond donors (Lipinski definition) is 2. The van der Waals surface area contributed by atoms with E-state index < -0.39 is 24.8 Å². The number of likely N-dealkylation sites (tertiary alicyclic amines) is 1. The van der Waals surface area contributed by atoms with Crippen LogP contribution < -0.4 is 10.1 Å². The van der Waals surface area contributed by atoms with Gasteiger partial charge in [0.25, 0.3) is 0 Å². The Hall–Kier alpha value is -3.46. The zero-order valence-corrected chi connectivity index (χ0v) is 19.0. The summed E-state index contributed by atoms with van der Waals surface area (Å²) in [5, 5.41) is 11.6. The first-order chi connectivity index (χ1) is 16.3. The molecule has 0 bridgehead atoms. The van der Waals surface area contributed by atoms with Crippen LogP contribution in [0.2, 0.25) is 0 Å². The van der Waals surface area contributed by atoms with E-state index in [4.69, 9.17) is 9.84 Å². The van der Waals surface area contributed by atoms with Crippen molar-refractivity contribution in [3.8, 4) is 5.75 Å². The van der Waals surface area contributed by atoms with Gasteiger partial charge in [0, 0.05) is 32.4 Å². The lowest BCUT2D eigenvalue weighted by Gasteiger charge is -2.31. The highest BCUT2D eigenvalue weighted by molar-refractivity contribution is 5.99. The lowest BCUT2D eigenvalue weighted by molar-refractivity contribution is -0.139. The molecule has 2 heterocycles. The molecule has 2 N–H and O–H groups in total. The highest BCUT2D eigenvalue weighted by Crippen LogP contribution is 2.32. The molecule has 0 saturated carbocycles. The van der Waals surface area contributed by atoms with E-state index in [9.17, 15) is 18.8 Å². The van der Waals surface area contributed by atoms with Gasteiger partial charge in [-0.1, -0.05) is 24.3 Å². The number of likely N-dealkylation sites (N-methyl/N-ethyl adjacent to an activating group) is 1. The average molecular weight is 470 g/mol. The molecule has 34 heavy (non-hydrogen) atoms. The van der Waals surface area contributed by atoms with E-state index in [2.05, 4.69) is 5.32 Å². The maximum Gasteiger partial charge on any atom is 0.341 e. The van der Waals surface area contributed by atoms with Crippen molar-refractivity contribution in [2.75, 3.05) is 38.6 Å². The first-order valence-electron chi connectivity index (χ1n) is 11.3. The summed E-state index contributed by atoms with van der Waals surface area (Å²) in [6.45, 7) is 0.677. The molecule has 4 rings (SSSR count). The van der Waals surface area contributed by atoms with E-state index in [1.54, 1.807) is 30.1 Å². The fourth-order valence-corrected chi connectivity index (χ4v) is 4.44. The highest BCUT2D eigenvalue weighted by atomic mass is 19.1. The second-order valence-corrected chi connectivity index (χ2v) is 8.76. The third-order valence-electron chi connectivity index (χ3n) is 6.21. The molecule has 0 radical (unpaired) electrons. The third kappa shape index (κ3) is 5.53. The maximum absolute atomic E-state index is 14.0. The van der Waals surface area contributed by atoms with Crippen LogP contribution in [0, 0.1) is 0 Å². The smallest absolute Gasteiger partial charge is 0.341 e. The Morgan fingerprint density at radius 1 is 1.29 bits per heavy atom. The van der Waals surface area contributed by atoms with E-state index in [-0.39, 0.29) is 18.4 Å². The molecular weight excluding hydrogens is 441 g/mol. The zero-order valence-electron chi connectivity index (χ0n) is 19.0. The molecule has 1 fully saturated rings. The van der Waals surface area contributed by atoms with Crippen LogP contribution in [0.25, 0.3) is 0 Å². The summed E-state index contributed by atoms with van der Waals surface area (Å²) in [7, 11) is 1.72. The molecule has 1 saturated heterocycles. The molecule has 0 aromatic heterocycles. The Bertz CT molecular complexity index is 1090. The van der Waals surface area contributed by atoms with Gasteiger partial charge in [-0.05, 0) is 47.7 Å². The average Bonchev–Trinajstić information content (AvgIpc) is 3.40. The summed E-state index contributed by atoms with van der Waals surface area (Å²) in [6.07, 6.45) is 0.284.